The molecule has 1 amide bonds. The van der Waals surface area contributed by atoms with Gasteiger partial charge in [0, 0.05) is 16.0 Å². The molecule has 2 nitrogen and oxygen atoms in total. The van der Waals surface area contributed by atoms with Crippen LogP contribution < -0.4 is 5.32 Å². The third-order valence-electron chi connectivity index (χ3n) is 3.16. The Hall–Kier alpha value is -1.39. The van der Waals surface area contributed by atoms with Crippen LogP contribution in [0, 0.1) is 12.7 Å². The van der Waals surface area contributed by atoms with Crippen molar-refractivity contribution >= 4 is 33.4 Å². The molecular weight excluding hydrogens is 357 g/mol. The van der Waals surface area contributed by atoms with Crippen molar-refractivity contribution < 1.29 is 9.18 Å². The maximum Gasteiger partial charge on any atom is 0.252 e. The van der Waals surface area contributed by atoms with Gasteiger partial charge in [-0.25, -0.2) is 4.39 Å². The summed E-state index contributed by atoms with van der Waals surface area (Å²) in [5, 5.41) is 3.35. The van der Waals surface area contributed by atoms with Crippen LogP contribution in [0.15, 0.2) is 40.9 Å². The second-order valence-corrected chi connectivity index (χ2v) is 5.99. The Balaban J connectivity index is 1.97. The van der Waals surface area contributed by atoms with Crippen molar-refractivity contribution in [1.29, 1.82) is 0 Å². The van der Waals surface area contributed by atoms with E-state index in [-0.39, 0.29) is 11.7 Å². The number of hydrogen-bond acceptors (Lipinski definition) is 1. The number of aryl methyl sites for hydroxylation is 1. The van der Waals surface area contributed by atoms with Gasteiger partial charge in [0.2, 0.25) is 0 Å². The van der Waals surface area contributed by atoms with Gasteiger partial charge in [-0.15, -0.1) is 0 Å². The van der Waals surface area contributed by atoms with Crippen LogP contribution >= 0.6 is 27.5 Å². The first-order valence-electron chi connectivity index (χ1n) is 6.45. The summed E-state index contributed by atoms with van der Waals surface area (Å²) in [6, 6.07) is 9.73. The number of benzene rings is 2. The van der Waals surface area contributed by atoms with Crippen molar-refractivity contribution in [2.75, 3.05) is 6.54 Å². The first-order chi connectivity index (χ1) is 9.97. The first-order valence-corrected chi connectivity index (χ1v) is 7.63. The van der Waals surface area contributed by atoms with Gasteiger partial charge in [-0.3, -0.25) is 4.79 Å². The minimum Gasteiger partial charge on any atom is -0.352 e. The van der Waals surface area contributed by atoms with E-state index in [0.717, 1.165) is 11.1 Å². The second kappa shape index (κ2) is 7.05. The molecule has 21 heavy (non-hydrogen) atoms. The Morgan fingerprint density at radius 1 is 1.29 bits per heavy atom. The number of amides is 1. The summed E-state index contributed by atoms with van der Waals surface area (Å²) >= 11 is 9.22. The fraction of sp³-hybridized carbons (Fsp3) is 0.188. The topological polar surface area (TPSA) is 29.1 Å². The van der Waals surface area contributed by atoms with Gasteiger partial charge >= 0.3 is 0 Å². The summed E-state index contributed by atoms with van der Waals surface area (Å²) < 4.78 is 13.7. The summed E-state index contributed by atoms with van der Waals surface area (Å²) in [5.74, 6) is -0.438. The van der Waals surface area contributed by atoms with Crippen molar-refractivity contribution in [3.63, 3.8) is 0 Å². The maximum atomic E-state index is 13.0. The van der Waals surface area contributed by atoms with Crippen LogP contribution in [0.5, 0.6) is 0 Å². The number of hydrogen-bond donors (Lipinski definition) is 1. The van der Waals surface area contributed by atoms with Crippen LogP contribution in [0.25, 0.3) is 0 Å². The summed E-state index contributed by atoms with van der Waals surface area (Å²) in [4.78, 5) is 12.1. The van der Waals surface area contributed by atoms with Crippen LogP contribution in [0.3, 0.4) is 0 Å². The van der Waals surface area contributed by atoms with Gasteiger partial charge in [0.1, 0.15) is 5.82 Å². The van der Waals surface area contributed by atoms with E-state index in [1.807, 2.05) is 6.92 Å². The van der Waals surface area contributed by atoms with E-state index in [1.165, 1.54) is 12.1 Å². The molecule has 0 aliphatic heterocycles. The van der Waals surface area contributed by atoms with Crippen molar-refractivity contribution in [2.45, 2.75) is 13.3 Å². The normalized spacial score (nSPS) is 10.5. The first kappa shape index (κ1) is 16.0. The minimum atomic E-state index is -0.247. The molecule has 0 aliphatic carbocycles. The van der Waals surface area contributed by atoms with Crippen molar-refractivity contribution in [3.05, 3.63) is 68.4 Å². The van der Waals surface area contributed by atoms with Gasteiger partial charge in [0.15, 0.2) is 0 Å². The number of halogens is 3. The molecule has 0 heterocycles. The molecule has 110 valence electrons. The quantitative estimate of drug-likeness (QED) is 0.842. The molecule has 0 radical (unpaired) electrons. The molecule has 1 N–H and O–H groups in total. The van der Waals surface area contributed by atoms with E-state index < -0.39 is 0 Å². The van der Waals surface area contributed by atoms with Crippen molar-refractivity contribution in [2.24, 2.45) is 0 Å². The third kappa shape index (κ3) is 4.29. The summed E-state index contributed by atoms with van der Waals surface area (Å²) in [6.07, 6.45) is 0.649. The average Bonchev–Trinajstić information content (AvgIpc) is 2.43. The lowest BCUT2D eigenvalue weighted by Gasteiger charge is -2.09. The Labute approximate surface area is 136 Å². The molecule has 5 heteroatoms. The number of carbonyl (C=O) groups excluding carboxylic acids is 1. The molecule has 0 spiro atoms. The predicted molar refractivity (Wildman–Crippen MR) is 86.3 cm³/mol. The van der Waals surface area contributed by atoms with E-state index in [0.29, 0.717) is 28.0 Å². The van der Waals surface area contributed by atoms with E-state index in [2.05, 4.69) is 21.2 Å². The number of rotatable bonds is 4. The average molecular weight is 371 g/mol. The highest BCUT2D eigenvalue weighted by molar-refractivity contribution is 9.10. The predicted octanol–water partition coefficient (Wildman–Crippen LogP) is 4.52. The minimum absolute atomic E-state index is 0.191. The van der Waals surface area contributed by atoms with Crippen LogP contribution in [0.1, 0.15) is 21.5 Å². The van der Waals surface area contributed by atoms with Crippen molar-refractivity contribution in [1.82, 2.24) is 5.32 Å². The van der Waals surface area contributed by atoms with E-state index >= 15 is 0 Å². The molecule has 0 aromatic heterocycles. The highest BCUT2D eigenvalue weighted by Crippen LogP contribution is 2.21. The largest absolute Gasteiger partial charge is 0.352 e. The third-order valence-corrected chi connectivity index (χ3v) is 4.08. The molecule has 0 aliphatic rings. The lowest BCUT2D eigenvalue weighted by Crippen LogP contribution is -2.26. The van der Waals surface area contributed by atoms with Gasteiger partial charge in [-0.1, -0.05) is 17.7 Å². The zero-order valence-electron chi connectivity index (χ0n) is 11.4. The van der Waals surface area contributed by atoms with Crippen LogP contribution in [-0.2, 0) is 6.42 Å². The summed E-state index contributed by atoms with van der Waals surface area (Å²) in [7, 11) is 0. The van der Waals surface area contributed by atoms with Crippen molar-refractivity contribution in [3.8, 4) is 0 Å². The standard InChI is InChI=1S/C16H14BrClFNO/c1-10-8-13(19)4-2-11(10)6-7-20-16(21)14-9-12(18)3-5-15(14)17/h2-5,8-9H,6-7H2,1H3,(H,20,21). The van der Waals surface area contributed by atoms with Gasteiger partial charge < -0.3 is 5.32 Å². The molecule has 2 rings (SSSR count). The van der Waals surface area contributed by atoms with E-state index in [1.54, 1.807) is 24.3 Å². The zero-order chi connectivity index (χ0) is 15.4. The second-order valence-electron chi connectivity index (χ2n) is 4.70. The van der Waals surface area contributed by atoms with E-state index in [9.17, 15) is 9.18 Å². The maximum absolute atomic E-state index is 13.0. The molecular formula is C16H14BrClFNO. The number of carbonyl (C=O) groups is 1. The molecule has 0 saturated heterocycles. The molecule has 0 bridgehead atoms. The molecule has 0 atom stereocenters. The van der Waals surface area contributed by atoms with Gasteiger partial charge in [-0.05, 0) is 70.7 Å². The molecule has 0 fully saturated rings. The molecule has 0 saturated carbocycles. The van der Waals surface area contributed by atoms with Gasteiger partial charge in [-0.2, -0.15) is 0 Å². The van der Waals surface area contributed by atoms with E-state index in [4.69, 9.17) is 11.6 Å². The Kier molecular flexibility index (Phi) is 5.37. The summed E-state index contributed by atoms with van der Waals surface area (Å²) in [5.41, 5.74) is 2.40. The molecule has 0 unspecified atom stereocenters. The Morgan fingerprint density at radius 2 is 2.05 bits per heavy atom. The lowest BCUT2D eigenvalue weighted by atomic mass is 10.1. The zero-order valence-corrected chi connectivity index (χ0v) is 13.8. The highest BCUT2D eigenvalue weighted by Gasteiger charge is 2.10. The van der Waals surface area contributed by atoms with Crippen LogP contribution in [-0.4, -0.2) is 12.5 Å². The Bertz CT molecular complexity index is 675. The monoisotopic (exact) mass is 369 g/mol. The fourth-order valence-electron chi connectivity index (χ4n) is 2.02. The fourth-order valence-corrected chi connectivity index (χ4v) is 2.62. The smallest absolute Gasteiger partial charge is 0.252 e. The highest BCUT2D eigenvalue weighted by atomic mass is 79.9. The summed E-state index contributed by atoms with van der Waals surface area (Å²) in [6.45, 7) is 2.33. The van der Waals surface area contributed by atoms with Crippen LogP contribution in [0.4, 0.5) is 4.39 Å². The SMILES string of the molecule is Cc1cc(F)ccc1CCNC(=O)c1cc(Cl)ccc1Br. The lowest BCUT2D eigenvalue weighted by molar-refractivity contribution is 0.0953. The molecule has 2 aromatic rings. The molecule has 2 aromatic carbocycles. The Morgan fingerprint density at radius 3 is 2.76 bits per heavy atom. The van der Waals surface area contributed by atoms with Crippen LogP contribution in [0.2, 0.25) is 5.02 Å². The van der Waals surface area contributed by atoms with Gasteiger partial charge in [0.05, 0.1) is 5.56 Å². The van der Waals surface area contributed by atoms with Gasteiger partial charge in [0.25, 0.3) is 5.91 Å². The number of nitrogens with one attached hydrogen (secondary N) is 1.